The molecule has 4 fully saturated rings. The van der Waals surface area contributed by atoms with Gasteiger partial charge in [-0.3, -0.25) is 9.59 Å². The van der Waals surface area contributed by atoms with Gasteiger partial charge >= 0.3 is 0 Å². The summed E-state index contributed by atoms with van der Waals surface area (Å²) in [7, 11) is 0. The van der Waals surface area contributed by atoms with Crippen molar-refractivity contribution in [1.29, 1.82) is 0 Å². The van der Waals surface area contributed by atoms with Gasteiger partial charge in [-0.05, 0) is 49.8 Å². The number of likely N-dealkylation sites (tertiary alicyclic amines) is 1. The van der Waals surface area contributed by atoms with E-state index in [4.69, 9.17) is 0 Å². The summed E-state index contributed by atoms with van der Waals surface area (Å²) in [5.74, 6) is 1.75. The van der Waals surface area contributed by atoms with Crippen molar-refractivity contribution in [2.24, 2.45) is 5.92 Å². The summed E-state index contributed by atoms with van der Waals surface area (Å²) in [5.41, 5.74) is 1.50. The summed E-state index contributed by atoms with van der Waals surface area (Å²) >= 11 is 0. The minimum absolute atomic E-state index is 0.0105. The summed E-state index contributed by atoms with van der Waals surface area (Å²) < 4.78 is 1.24. The van der Waals surface area contributed by atoms with Crippen LogP contribution in [0.15, 0.2) is 35.3 Å². The van der Waals surface area contributed by atoms with Crippen LogP contribution in [-0.2, 0) is 11.3 Å². The van der Waals surface area contributed by atoms with Crippen LogP contribution in [-0.4, -0.2) is 44.2 Å². The lowest BCUT2D eigenvalue weighted by atomic mass is 9.50. The third-order valence-corrected chi connectivity index (χ3v) is 5.85. The predicted molar refractivity (Wildman–Crippen MR) is 96.6 cm³/mol. The fourth-order valence-corrected chi connectivity index (χ4v) is 4.03. The average molecular weight is 351 g/mol. The van der Waals surface area contributed by atoms with Gasteiger partial charge in [0.05, 0.1) is 5.69 Å². The third-order valence-electron chi connectivity index (χ3n) is 5.85. The van der Waals surface area contributed by atoms with Crippen molar-refractivity contribution in [3.8, 4) is 11.3 Å². The van der Waals surface area contributed by atoms with E-state index in [0.29, 0.717) is 11.2 Å². The Labute approximate surface area is 151 Å². The van der Waals surface area contributed by atoms with Gasteiger partial charge in [-0.25, -0.2) is 9.67 Å². The second kappa shape index (κ2) is 5.65. The Hall–Kier alpha value is -2.70. The number of pyridine rings is 1. The van der Waals surface area contributed by atoms with E-state index in [1.165, 1.54) is 30.0 Å². The quantitative estimate of drug-likeness (QED) is 0.883. The molecule has 2 aromatic rings. The van der Waals surface area contributed by atoms with Gasteiger partial charge in [-0.15, -0.1) is 0 Å². The van der Waals surface area contributed by atoms with Gasteiger partial charge in [0, 0.05) is 36.5 Å². The highest BCUT2D eigenvalue weighted by Gasteiger charge is 2.56. The van der Waals surface area contributed by atoms with E-state index in [-0.39, 0.29) is 18.0 Å². The Morgan fingerprint density at radius 2 is 2.00 bits per heavy atom. The Balaban J connectivity index is 1.33. The van der Waals surface area contributed by atoms with Crippen molar-refractivity contribution in [2.45, 2.75) is 37.8 Å². The molecule has 26 heavy (non-hydrogen) atoms. The predicted octanol–water partition coefficient (Wildman–Crippen LogP) is 1.50. The molecule has 6 rings (SSSR count). The largest absolute Gasteiger partial charge is 0.365 e. The highest BCUT2D eigenvalue weighted by Crippen LogP contribution is 2.58. The highest BCUT2D eigenvalue weighted by molar-refractivity contribution is 5.76. The van der Waals surface area contributed by atoms with Crippen molar-refractivity contribution < 1.29 is 4.79 Å². The monoisotopic (exact) mass is 351 g/mol. The number of carbonyl (C=O) groups excluding carboxylic acids is 1. The van der Waals surface area contributed by atoms with Crippen LogP contribution < -0.4 is 10.9 Å². The first-order valence-electron chi connectivity index (χ1n) is 9.21. The molecule has 2 aromatic heterocycles. The Morgan fingerprint density at radius 3 is 2.58 bits per heavy atom. The molecule has 0 atom stereocenters. The smallest absolute Gasteiger partial charge is 0.267 e. The van der Waals surface area contributed by atoms with Crippen LogP contribution in [0.4, 0.5) is 5.82 Å². The SMILES string of the molecule is O=C(Cn1nc(-c2ccc(NC34CC(C3)C4)nc2)ccc1=O)N1CCC1. The van der Waals surface area contributed by atoms with Gasteiger partial charge < -0.3 is 10.2 Å². The minimum atomic E-state index is -0.266. The summed E-state index contributed by atoms with van der Waals surface area (Å²) in [4.78, 5) is 30.4. The lowest BCUT2D eigenvalue weighted by Crippen LogP contribution is -2.63. The van der Waals surface area contributed by atoms with E-state index in [9.17, 15) is 9.59 Å². The van der Waals surface area contributed by atoms with E-state index in [2.05, 4.69) is 15.4 Å². The third kappa shape index (κ3) is 2.58. The lowest BCUT2D eigenvalue weighted by molar-refractivity contribution is -0.135. The van der Waals surface area contributed by atoms with E-state index < -0.39 is 0 Å². The van der Waals surface area contributed by atoms with Crippen LogP contribution in [0, 0.1) is 5.92 Å². The standard InChI is InChI=1S/C19H21N5O2/c25-17-5-3-15(22-24(17)12-18(26)23-6-1-7-23)14-2-4-16(20-11-14)21-19-8-13(9-19)10-19/h2-5,11,13H,1,6-10,12H2,(H,20,21). The molecule has 0 aromatic carbocycles. The number of aromatic nitrogens is 3. The first-order chi connectivity index (χ1) is 12.6. The molecule has 0 spiro atoms. The van der Waals surface area contributed by atoms with E-state index in [0.717, 1.165) is 36.8 Å². The Bertz CT molecular complexity index is 899. The van der Waals surface area contributed by atoms with Crippen LogP contribution in [0.3, 0.4) is 0 Å². The topological polar surface area (TPSA) is 80.1 Å². The highest BCUT2D eigenvalue weighted by atomic mass is 16.2. The normalized spacial score (nSPS) is 25.7. The summed E-state index contributed by atoms with van der Waals surface area (Å²) in [6, 6.07) is 7.05. The van der Waals surface area contributed by atoms with Gasteiger partial charge in [-0.2, -0.15) is 5.10 Å². The molecule has 3 saturated carbocycles. The molecular weight excluding hydrogens is 330 g/mol. The number of nitrogens with zero attached hydrogens (tertiary/aromatic N) is 4. The number of amides is 1. The fourth-order valence-electron chi connectivity index (χ4n) is 4.03. The van der Waals surface area contributed by atoms with Crippen LogP contribution >= 0.6 is 0 Å². The molecule has 1 aliphatic heterocycles. The second-order valence-corrected chi connectivity index (χ2v) is 7.76. The van der Waals surface area contributed by atoms with Crippen molar-refractivity contribution in [1.82, 2.24) is 19.7 Å². The summed E-state index contributed by atoms with van der Waals surface area (Å²) in [5, 5.41) is 7.89. The molecule has 7 nitrogen and oxygen atoms in total. The molecule has 1 N–H and O–H groups in total. The number of anilines is 1. The van der Waals surface area contributed by atoms with Crippen LogP contribution in [0.25, 0.3) is 11.3 Å². The van der Waals surface area contributed by atoms with Gasteiger partial charge in [-0.1, -0.05) is 0 Å². The van der Waals surface area contributed by atoms with Gasteiger partial charge in [0.15, 0.2) is 0 Å². The molecule has 0 unspecified atom stereocenters. The molecule has 4 aliphatic rings. The number of nitrogens with one attached hydrogen (secondary N) is 1. The molecule has 0 radical (unpaired) electrons. The maximum absolute atomic E-state index is 12.1. The van der Waals surface area contributed by atoms with Gasteiger partial charge in [0.1, 0.15) is 12.4 Å². The Morgan fingerprint density at radius 1 is 1.19 bits per heavy atom. The zero-order valence-electron chi connectivity index (χ0n) is 14.5. The molecule has 134 valence electrons. The number of hydrogen-bond acceptors (Lipinski definition) is 5. The maximum atomic E-state index is 12.1. The minimum Gasteiger partial charge on any atom is -0.365 e. The zero-order valence-corrected chi connectivity index (χ0v) is 14.5. The molecule has 7 heteroatoms. The number of carbonyl (C=O) groups is 1. The van der Waals surface area contributed by atoms with Crippen molar-refractivity contribution in [2.75, 3.05) is 18.4 Å². The lowest BCUT2D eigenvalue weighted by Gasteiger charge is -2.62. The van der Waals surface area contributed by atoms with E-state index in [1.54, 1.807) is 17.2 Å². The average Bonchev–Trinajstić information content (AvgIpc) is 2.51. The molecule has 1 amide bonds. The van der Waals surface area contributed by atoms with Crippen molar-refractivity contribution in [3.05, 3.63) is 40.8 Å². The van der Waals surface area contributed by atoms with Crippen molar-refractivity contribution >= 4 is 11.7 Å². The number of rotatable bonds is 5. The van der Waals surface area contributed by atoms with E-state index >= 15 is 0 Å². The Kier molecular flexibility index (Phi) is 3.38. The molecular formula is C19H21N5O2. The summed E-state index contributed by atoms with van der Waals surface area (Å²) in [6.45, 7) is 1.53. The van der Waals surface area contributed by atoms with Crippen LogP contribution in [0.5, 0.6) is 0 Å². The van der Waals surface area contributed by atoms with Gasteiger partial charge in [0.2, 0.25) is 5.91 Å². The first kappa shape index (κ1) is 15.5. The molecule has 2 bridgehead atoms. The van der Waals surface area contributed by atoms with Crippen molar-refractivity contribution in [3.63, 3.8) is 0 Å². The van der Waals surface area contributed by atoms with E-state index in [1.807, 2.05) is 12.1 Å². The number of hydrogen-bond donors (Lipinski definition) is 1. The van der Waals surface area contributed by atoms with Crippen LogP contribution in [0.1, 0.15) is 25.7 Å². The summed E-state index contributed by atoms with van der Waals surface area (Å²) in [6.07, 6.45) is 6.57. The molecule has 3 heterocycles. The fraction of sp³-hybridized carbons (Fsp3) is 0.474. The zero-order chi connectivity index (χ0) is 17.7. The second-order valence-electron chi connectivity index (χ2n) is 7.76. The molecule has 3 aliphatic carbocycles. The van der Waals surface area contributed by atoms with Gasteiger partial charge in [0.25, 0.3) is 5.56 Å². The first-order valence-corrected chi connectivity index (χ1v) is 9.21. The van der Waals surface area contributed by atoms with Crippen LogP contribution in [0.2, 0.25) is 0 Å². The molecule has 1 saturated heterocycles. The maximum Gasteiger partial charge on any atom is 0.267 e.